The van der Waals surface area contributed by atoms with Crippen LogP contribution in [0.5, 0.6) is 5.75 Å². The van der Waals surface area contributed by atoms with Crippen molar-refractivity contribution in [2.75, 3.05) is 5.01 Å². The van der Waals surface area contributed by atoms with E-state index >= 15 is 0 Å². The molecule has 6 aromatic carbocycles. The lowest BCUT2D eigenvalue weighted by atomic mass is 9.81. The van der Waals surface area contributed by atoms with Crippen molar-refractivity contribution in [1.29, 1.82) is 0 Å². The summed E-state index contributed by atoms with van der Waals surface area (Å²) >= 11 is 3.63. The molecule has 0 aromatic heterocycles. The Bertz CT molecular complexity index is 1890. The first-order valence-corrected chi connectivity index (χ1v) is 14.0. The van der Waals surface area contributed by atoms with Crippen molar-refractivity contribution in [2.24, 2.45) is 0 Å². The van der Waals surface area contributed by atoms with Crippen LogP contribution in [-0.2, 0) is 0 Å². The molecule has 1 amide bonds. The lowest BCUT2D eigenvalue weighted by molar-refractivity contribution is 0.0945. The molecular weight excluding hydrogens is 560 g/mol. The molecule has 1 aliphatic rings. The summed E-state index contributed by atoms with van der Waals surface area (Å²) in [6.07, 6.45) is 0. The molecule has 0 bridgehead atoms. The number of fused-ring (bicyclic) bond motifs is 4. The molecule has 40 heavy (non-hydrogen) atoms. The molecule has 0 unspecified atom stereocenters. The summed E-state index contributed by atoms with van der Waals surface area (Å²) in [4.78, 5) is 13.7. The molecule has 4 nitrogen and oxygen atoms in total. The normalized spacial score (nSPS) is 16.3. The maximum absolute atomic E-state index is 13.7. The number of nitrogens with one attached hydrogen (secondary N) is 1. The highest BCUT2D eigenvalue weighted by atomic mass is 79.9. The number of anilines is 1. The zero-order valence-corrected chi connectivity index (χ0v) is 23.0. The molecule has 2 N–H and O–H groups in total. The third-order valence-corrected chi connectivity index (χ3v) is 8.32. The predicted octanol–water partition coefficient (Wildman–Crippen LogP) is 8.50. The van der Waals surface area contributed by atoms with E-state index in [0.717, 1.165) is 48.4 Å². The molecule has 0 spiro atoms. The standard InChI is InChI=1S/C35H25BrN2O2/c36-26-17-18-28-25(21-26)15-19-29-32(28)31(23-10-3-1-4-11-23)34(38(29)37-35(40)24-12-5-2-6-13-24)33-27-14-8-7-9-22(27)16-20-30(33)39/h1-21,31,34,39H,(H,37,40)/t31-,34-/m0/s1. The van der Waals surface area contributed by atoms with Gasteiger partial charge in [0, 0.05) is 21.5 Å². The van der Waals surface area contributed by atoms with E-state index in [1.165, 1.54) is 0 Å². The number of hydrogen-bond acceptors (Lipinski definition) is 3. The number of hydrazine groups is 1. The van der Waals surface area contributed by atoms with Crippen LogP contribution in [0.4, 0.5) is 5.69 Å². The van der Waals surface area contributed by atoms with Crippen LogP contribution in [0, 0.1) is 0 Å². The Morgan fingerprint density at radius 1 is 0.700 bits per heavy atom. The van der Waals surface area contributed by atoms with Crippen LogP contribution >= 0.6 is 15.9 Å². The van der Waals surface area contributed by atoms with Gasteiger partial charge in [-0.05, 0) is 69.1 Å². The summed E-state index contributed by atoms with van der Waals surface area (Å²) in [6.45, 7) is 0. The van der Waals surface area contributed by atoms with Gasteiger partial charge in [0.05, 0.1) is 11.7 Å². The Kier molecular flexibility index (Phi) is 6.02. The second-order valence-corrected chi connectivity index (χ2v) is 11.0. The maximum Gasteiger partial charge on any atom is 0.269 e. The van der Waals surface area contributed by atoms with Crippen LogP contribution in [-0.4, -0.2) is 11.0 Å². The van der Waals surface area contributed by atoms with Gasteiger partial charge in [-0.1, -0.05) is 107 Å². The lowest BCUT2D eigenvalue weighted by Gasteiger charge is -2.32. The fraction of sp³-hybridized carbons (Fsp3) is 0.0571. The molecule has 0 aliphatic carbocycles. The fourth-order valence-corrected chi connectivity index (χ4v) is 6.48. The molecule has 1 heterocycles. The first-order chi connectivity index (χ1) is 19.6. The topological polar surface area (TPSA) is 52.6 Å². The minimum atomic E-state index is -0.412. The Balaban J connectivity index is 1.53. The van der Waals surface area contributed by atoms with Gasteiger partial charge in [-0.25, -0.2) is 0 Å². The van der Waals surface area contributed by atoms with Crippen LogP contribution in [0.3, 0.4) is 0 Å². The van der Waals surface area contributed by atoms with Gasteiger partial charge in [-0.2, -0.15) is 0 Å². The minimum Gasteiger partial charge on any atom is -0.508 e. The monoisotopic (exact) mass is 584 g/mol. The number of halogens is 1. The van der Waals surface area contributed by atoms with Crippen molar-refractivity contribution >= 4 is 49.1 Å². The molecular formula is C35H25BrN2O2. The Morgan fingerprint density at radius 3 is 2.17 bits per heavy atom. The van der Waals surface area contributed by atoms with E-state index in [2.05, 4.69) is 69.9 Å². The third-order valence-electron chi connectivity index (χ3n) is 7.83. The summed E-state index contributed by atoms with van der Waals surface area (Å²) < 4.78 is 1.01. The molecule has 0 fully saturated rings. The van der Waals surface area contributed by atoms with Crippen molar-refractivity contribution in [2.45, 2.75) is 12.0 Å². The van der Waals surface area contributed by atoms with Gasteiger partial charge >= 0.3 is 0 Å². The Hall–Kier alpha value is -4.61. The van der Waals surface area contributed by atoms with Crippen LogP contribution in [0.2, 0.25) is 0 Å². The number of rotatable bonds is 4. The summed E-state index contributed by atoms with van der Waals surface area (Å²) in [5, 5.41) is 17.6. The number of benzene rings is 6. The van der Waals surface area contributed by atoms with E-state index in [1.54, 1.807) is 6.07 Å². The fourth-order valence-electron chi connectivity index (χ4n) is 6.10. The Morgan fingerprint density at radius 2 is 1.38 bits per heavy atom. The van der Waals surface area contributed by atoms with E-state index in [1.807, 2.05) is 77.8 Å². The number of carbonyl (C=O) groups excluding carboxylic acids is 1. The molecule has 5 heteroatoms. The number of nitrogens with zero attached hydrogens (tertiary/aromatic N) is 1. The molecule has 2 atom stereocenters. The van der Waals surface area contributed by atoms with Crippen LogP contribution in [0.15, 0.2) is 132 Å². The molecule has 6 aromatic rings. The van der Waals surface area contributed by atoms with Gasteiger partial charge in [-0.15, -0.1) is 0 Å². The third kappa shape index (κ3) is 4.02. The first kappa shape index (κ1) is 24.4. The second kappa shape index (κ2) is 9.85. The first-order valence-electron chi connectivity index (χ1n) is 13.2. The predicted molar refractivity (Wildman–Crippen MR) is 165 cm³/mol. The summed E-state index contributed by atoms with van der Waals surface area (Å²) in [6, 6.07) is 41.4. The average molecular weight is 586 g/mol. The van der Waals surface area contributed by atoms with E-state index in [0.29, 0.717) is 5.56 Å². The molecule has 0 saturated carbocycles. The van der Waals surface area contributed by atoms with Crippen molar-refractivity contribution in [3.05, 3.63) is 154 Å². The van der Waals surface area contributed by atoms with Crippen molar-refractivity contribution in [3.63, 3.8) is 0 Å². The number of phenolic OH excluding ortho intramolecular Hbond substituents is 1. The van der Waals surface area contributed by atoms with E-state index in [9.17, 15) is 9.90 Å². The smallest absolute Gasteiger partial charge is 0.269 e. The van der Waals surface area contributed by atoms with Crippen molar-refractivity contribution in [1.82, 2.24) is 5.43 Å². The minimum absolute atomic E-state index is 0.172. The highest BCUT2D eigenvalue weighted by Gasteiger charge is 2.44. The van der Waals surface area contributed by atoms with Crippen LogP contribution in [0.1, 0.15) is 39.0 Å². The van der Waals surface area contributed by atoms with Crippen LogP contribution in [0.25, 0.3) is 21.5 Å². The zero-order chi connectivity index (χ0) is 27.2. The van der Waals surface area contributed by atoms with Gasteiger partial charge in [0.25, 0.3) is 5.91 Å². The van der Waals surface area contributed by atoms with Crippen LogP contribution < -0.4 is 10.4 Å². The molecule has 7 rings (SSSR count). The summed E-state index contributed by atoms with van der Waals surface area (Å²) in [5.41, 5.74) is 7.71. The summed E-state index contributed by atoms with van der Waals surface area (Å²) in [7, 11) is 0. The van der Waals surface area contributed by atoms with E-state index in [-0.39, 0.29) is 17.6 Å². The number of amides is 1. The highest BCUT2D eigenvalue weighted by molar-refractivity contribution is 9.10. The van der Waals surface area contributed by atoms with Gasteiger partial charge in [0.1, 0.15) is 5.75 Å². The van der Waals surface area contributed by atoms with E-state index < -0.39 is 6.04 Å². The second-order valence-electron chi connectivity index (χ2n) is 10.1. The number of phenols is 1. The van der Waals surface area contributed by atoms with Gasteiger partial charge < -0.3 is 5.11 Å². The number of aromatic hydroxyl groups is 1. The Labute approximate surface area is 240 Å². The van der Waals surface area contributed by atoms with Gasteiger partial charge in [-0.3, -0.25) is 15.2 Å². The molecule has 0 radical (unpaired) electrons. The zero-order valence-electron chi connectivity index (χ0n) is 21.5. The molecule has 0 saturated heterocycles. The average Bonchev–Trinajstić information content (AvgIpc) is 3.31. The lowest BCUT2D eigenvalue weighted by Crippen LogP contribution is -2.43. The highest BCUT2D eigenvalue weighted by Crippen LogP contribution is 2.56. The number of hydrogen-bond donors (Lipinski definition) is 2. The molecule has 194 valence electrons. The van der Waals surface area contributed by atoms with E-state index in [4.69, 9.17) is 0 Å². The number of carbonyl (C=O) groups is 1. The summed E-state index contributed by atoms with van der Waals surface area (Å²) in [5.74, 6) is -0.182. The molecule has 1 aliphatic heterocycles. The van der Waals surface area contributed by atoms with Gasteiger partial charge in [0.2, 0.25) is 0 Å². The SMILES string of the molecule is O=C(NN1c2ccc3cc(Br)ccc3c2[C@H](c2ccccc2)[C@H]1c1c(O)ccc2ccccc12)c1ccccc1. The van der Waals surface area contributed by atoms with Gasteiger partial charge in [0.15, 0.2) is 0 Å². The quantitative estimate of drug-likeness (QED) is 0.218. The maximum atomic E-state index is 13.7. The van der Waals surface area contributed by atoms with Crippen molar-refractivity contribution in [3.8, 4) is 5.75 Å². The largest absolute Gasteiger partial charge is 0.508 e. The van der Waals surface area contributed by atoms with Crippen molar-refractivity contribution < 1.29 is 9.90 Å².